The van der Waals surface area contributed by atoms with Gasteiger partial charge in [0.2, 0.25) is 5.91 Å². The van der Waals surface area contributed by atoms with Crippen molar-refractivity contribution in [3.63, 3.8) is 0 Å². The minimum absolute atomic E-state index is 0.187. The van der Waals surface area contributed by atoms with E-state index >= 15 is 0 Å². The maximum Gasteiger partial charge on any atom is 0.326 e. The van der Waals surface area contributed by atoms with E-state index in [0.29, 0.717) is 17.9 Å². The quantitative estimate of drug-likeness (QED) is 0.356. The van der Waals surface area contributed by atoms with Crippen LogP contribution in [0.5, 0.6) is 5.75 Å². The molecule has 0 spiro atoms. The second-order valence-electron chi connectivity index (χ2n) is 8.85. The third-order valence-corrected chi connectivity index (χ3v) is 6.19. The predicted octanol–water partition coefficient (Wildman–Crippen LogP) is 3.50. The van der Waals surface area contributed by atoms with Gasteiger partial charge in [0.25, 0.3) is 0 Å². The molecule has 1 fully saturated rings. The number of hydrogen-bond acceptors (Lipinski definition) is 6. The fourth-order valence-corrected chi connectivity index (χ4v) is 4.15. The molecule has 4 N–H and O–H groups in total. The highest BCUT2D eigenvalue weighted by atomic mass is 32.1. The normalized spacial score (nSPS) is 15.2. The van der Waals surface area contributed by atoms with E-state index in [1.807, 2.05) is 84.9 Å². The summed E-state index contributed by atoms with van der Waals surface area (Å²) in [7, 11) is 0. The molecule has 8 nitrogen and oxygen atoms in total. The molecule has 1 aliphatic rings. The molecule has 0 radical (unpaired) electrons. The number of rotatable bonds is 9. The first-order valence-corrected chi connectivity index (χ1v) is 12.5. The molecule has 1 aliphatic heterocycles. The Bertz CT molecular complexity index is 1230. The standard InChI is InChI=1S/C16H17NO3.C13H13NO3S/c17-15(16(18)19)10-12-6-8-14(9-7-12)20-11-13-4-2-1-3-5-13;15-12(6-9-4-2-1-3-5-9)14-8-10(18)7-11(14)13(16)17/h1-9,15H,10-11,17H2,(H,18,19);1-5,11H,6-8H2,(H,16,17)/t15-;11-/m00/s1. The first-order valence-electron chi connectivity index (χ1n) is 12.0. The summed E-state index contributed by atoms with van der Waals surface area (Å²) in [5.74, 6) is -1.42. The Morgan fingerprint density at radius 2 is 1.47 bits per heavy atom. The molecule has 2 atom stereocenters. The highest BCUT2D eigenvalue weighted by Gasteiger charge is 2.36. The van der Waals surface area contributed by atoms with Gasteiger partial charge in [-0.3, -0.25) is 9.59 Å². The molecule has 0 saturated carbocycles. The predicted molar refractivity (Wildman–Crippen MR) is 147 cm³/mol. The van der Waals surface area contributed by atoms with Gasteiger partial charge in [0.1, 0.15) is 24.4 Å². The van der Waals surface area contributed by atoms with Crippen LogP contribution in [0, 0.1) is 0 Å². The lowest BCUT2D eigenvalue weighted by atomic mass is 10.1. The van der Waals surface area contributed by atoms with Gasteiger partial charge in [-0.05, 0) is 35.2 Å². The second-order valence-corrected chi connectivity index (χ2v) is 9.43. The Morgan fingerprint density at radius 3 is 2.03 bits per heavy atom. The van der Waals surface area contributed by atoms with Crippen LogP contribution >= 0.6 is 12.2 Å². The molecule has 1 amide bonds. The van der Waals surface area contributed by atoms with E-state index in [1.165, 1.54) is 4.90 Å². The lowest BCUT2D eigenvalue weighted by Gasteiger charge is -2.20. The molecule has 0 unspecified atom stereocenters. The molecular formula is C29H30N2O6S. The molecule has 0 aromatic heterocycles. The summed E-state index contributed by atoms with van der Waals surface area (Å²) in [4.78, 5) is 35.8. The van der Waals surface area contributed by atoms with Gasteiger partial charge in [-0.1, -0.05) is 85.0 Å². The van der Waals surface area contributed by atoms with Crippen LogP contribution in [0.1, 0.15) is 23.1 Å². The van der Waals surface area contributed by atoms with E-state index in [9.17, 15) is 14.4 Å². The number of carboxylic acids is 2. The SMILES string of the molecule is N[C@@H](Cc1ccc(OCc2ccccc2)cc1)C(=O)O.O=C(O)[C@@H]1CC(=S)CN1C(=O)Cc1ccccc1. The highest BCUT2D eigenvalue weighted by molar-refractivity contribution is 7.80. The van der Waals surface area contributed by atoms with Crippen LogP contribution in [0.4, 0.5) is 0 Å². The zero-order chi connectivity index (χ0) is 27.5. The van der Waals surface area contributed by atoms with Crippen molar-refractivity contribution in [1.82, 2.24) is 4.90 Å². The minimum atomic E-state index is -0.991. The molecule has 4 rings (SSSR count). The zero-order valence-corrected chi connectivity index (χ0v) is 21.5. The van der Waals surface area contributed by atoms with Crippen molar-refractivity contribution in [2.75, 3.05) is 6.54 Å². The topological polar surface area (TPSA) is 130 Å². The first-order chi connectivity index (χ1) is 18.2. The molecular weight excluding hydrogens is 504 g/mol. The van der Waals surface area contributed by atoms with Crippen molar-refractivity contribution in [2.24, 2.45) is 5.73 Å². The van der Waals surface area contributed by atoms with Crippen molar-refractivity contribution in [3.05, 3.63) is 102 Å². The van der Waals surface area contributed by atoms with Crippen molar-refractivity contribution < 1.29 is 29.3 Å². The second kappa shape index (κ2) is 14.0. The van der Waals surface area contributed by atoms with E-state index in [2.05, 4.69) is 0 Å². The van der Waals surface area contributed by atoms with Crippen molar-refractivity contribution >= 4 is 34.9 Å². The molecule has 3 aromatic rings. The average Bonchev–Trinajstić information content (AvgIpc) is 3.32. The van der Waals surface area contributed by atoms with E-state index in [4.69, 9.17) is 32.9 Å². The molecule has 198 valence electrons. The van der Waals surface area contributed by atoms with Crippen molar-refractivity contribution in [2.45, 2.75) is 38.0 Å². The third kappa shape index (κ3) is 8.79. The Balaban J connectivity index is 0.000000212. The smallest absolute Gasteiger partial charge is 0.326 e. The van der Waals surface area contributed by atoms with E-state index in [1.54, 1.807) is 0 Å². The summed E-state index contributed by atoms with van der Waals surface area (Å²) in [6.07, 6.45) is 0.812. The number of hydrogen-bond donors (Lipinski definition) is 3. The van der Waals surface area contributed by atoms with Gasteiger partial charge >= 0.3 is 11.9 Å². The number of carboxylic acid groups (broad SMARTS) is 2. The number of nitrogens with two attached hydrogens (primary N) is 1. The Labute approximate surface area is 226 Å². The molecule has 3 aromatic carbocycles. The number of carbonyl (C=O) groups excluding carboxylic acids is 1. The zero-order valence-electron chi connectivity index (χ0n) is 20.7. The molecule has 38 heavy (non-hydrogen) atoms. The summed E-state index contributed by atoms with van der Waals surface area (Å²) in [5.41, 5.74) is 8.35. The number of carbonyl (C=O) groups is 3. The van der Waals surface area contributed by atoms with Gasteiger partial charge in [0.05, 0.1) is 13.0 Å². The largest absolute Gasteiger partial charge is 0.489 e. The number of nitrogens with zero attached hydrogens (tertiary/aromatic N) is 1. The Hall–Kier alpha value is -4.08. The van der Waals surface area contributed by atoms with Crippen LogP contribution in [0.15, 0.2) is 84.9 Å². The monoisotopic (exact) mass is 534 g/mol. The van der Waals surface area contributed by atoms with E-state index in [-0.39, 0.29) is 25.3 Å². The van der Waals surface area contributed by atoms with Crippen LogP contribution in [0.3, 0.4) is 0 Å². The summed E-state index contributed by atoms with van der Waals surface area (Å²) in [6.45, 7) is 0.785. The van der Waals surface area contributed by atoms with Crippen LogP contribution in [0.25, 0.3) is 0 Å². The lowest BCUT2D eigenvalue weighted by Crippen LogP contribution is -2.41. The van der Waals surface area contributed by atoms with Crippen molar-refractivity contribution in [1.29, 1.82) is 0 Å². The maximum absolute atomic E-state index is 12.1. The highest BCUT2D eigenvalue weighted by Crippen LogP contribution is 2.18. The number of thiocarbonyl (C=S) groups is 1. The number of amides is 1. The van der Waals surface area contributed by atoms with E-state index < -0.39 is 24.0 Å². The summed E-state index contributed by atoms with van der Waals surface area (Å²) in [6, 6.07) is 24.8. The van der Waals surface area contributed by atoms with Crippen molar-refractivity contribution in [3.8, 4) is 5.75 Å². The number of ether oxygens (including phenoxy) is 1. The fraction of sp³-hybridized carbons (Fsp3) is 0.241. The van der Waals surface area contributed by atoms with Gasteiger partial charge < -0.3 is 25.6 Å². The molecule has 0 bridgehead atoms. The van der Waals surface area contributed by atoms with E-state index in [0.717, 1.165) is 22.4 Å². The van der Waals surface area contributed by atoms with Gasteiger partial charge in [-0.2, -0.15) is 0 Å². The Kier molecular flexibility index (Phi) is 10.5. The lowest BCUT2D eigenvalue weighted by molar-refractivity contribution is -0.148. The third-order valence-electron chi connectivity index (χ3n) is 5.89. The maximum atomic E-state index is 12.1. The summed E-state index contributed by atoms with van der Waals surface area (Å²) in [5, 5.41) is 17.8. The van der Waals surface area contributed by atoms with Crippen LogP contribution in [-0.4, -0.2) is 56.5 Å². The summed E-state index contributed by atoms with van der Waals surface area (Å²) >= 11 is 5.02. The molecule has 0 aliphatic carbocycles. The first kappa shape index (κ1) is 28.5. The molecule has 1 saturated heterocycles. The molecule has 9 heteroatoms. The van der Waals surface area contributed by atoms with Gasteiger partial charge in [-0.25, -0.2) is 4.79 Å². The fourth-order valence-electron chi connectivity index (χ4n) is 3.85. The van der Waals surface area contributed by atoms with Gasteiger partial charge in [-0.15, -0.1) is 0 Å². The number of aliphatic carboxylic acids is 2. The average molecular weight is 535 g/mol. The molecule has 1 heterocycles. The number of benzene rings is 3. The van der Waals surface area contributed by atoms with Crippen LogP contribution < -0.4 is 10.5 Å². The Morgan fingerprint density at radius 1 is 0.895 bits per heavy atom. The van der Waals surface area contributed by atoms with Gasteiger partial charge in [0, 0.05) is 11.3 Å². The van der Waals surface area contributed by atoms with Gasteiger partial charge in [0.15, 0.2) is 0 Å². The summed E-state index contributed by atoms with van der Waals surface area (Å²) < 4.78 is 5.65. The number of likely N-dealkylation sites (tertiary alicyclic amines) is 1. The van der Waals surface area contributed by atoms with Crippen LogP contribution in [0.2, 0.25) is 0 Å². The van der Waals surface area contributed by atoms with Crippen LogP contribution in [-0.2, 0) is 33.8 Å². The minimum Gasteiger partial charge on any atom is -0.489 e.